The maximum absolute atomic E-state index is 11.1. The zero-order valence-electron chi connectivity index (χ0n) is 6.76. The molecule has 0 aromatic heterocycles. The molecule has 0 aliphatic carbocycles. The van der Waals surface area contributed by atoms with Gasteiger partial charge in [0.05, 0.1) is 0 Å². The van der Waals surface area contributed by atoms with Crippen LogP contribution in [-0.4, -0.2) is 12.1 Å². The average molecular weight is 142 g/mol. The molecule has 2 heteroatoms. The SMILES string of the molecule is CC(C)C(=O)C(C)CC=O. The second-order valence-corrected chi connectivity index (χ2v) is 2.86. The summed E-state index contributed by atoms with van der Waals surface area (Å²) < 4.78 is 0. The Bertz CT molecular complexity index is 127. The van der Waals surface area contributed by atoms with Gasteiger partial charge >= 0.3 is 0 Å². The summed E-state index contributed by atoms with van der Waals surface area (Å²) in [6, 6.07) is 0. The molecule has 0 saturated heterocycles. The topological polar surface area (TPSA) is 34.1 Å². The Labute approximate surface area is 61.6 Å². The maximum Gasteiger partial charge on any atom is 0.138 e. The summed E-state index contributed by atoms with van der Waals surface area (Å²) in [6.45, 7) is 5.49. The van der Waals surface area contributed by atoms with Crippen LogP contribution in [-0.2, 0) is 9.59 Å². The summed E-state index contributed by atoms with van der Waals surface area (Å²) in [5.74, 6) is 0.125. The van der Waals surface area contributed by atoms with Crippen molar-refractivity contribution in [2.75, 3.05) is 0 Å². The molecule has 0 bridgehead atoms. The summed E-state index contributed by atoms with van der Waals surface area (Å²) in [5, 5.41) is 0. The van der Waals surface area contributed by atoms with E-state index < -0.39 is 0 Å². The molecule has 0 saturated carbocycles. The van der Waals surface area contributed by atoms with Gasteiger partial charge in [0.1, 0.15) is 12.1 Å². The first-order chi connectivity index (χ1) is 4.59. The third-order valence-electron chi connectivity index (χ3n) is 1.50. The van der Waals surface area contributed by atoms with Gasteiger partial charge in [0.2, 0.25) is 0 Å². The standard InChI is InChI=1S/C8H14O2/c1-6(2)8(10)7(3)4-5-9/h5-7H,4H2,1-3H3. The molecule has 58 valence electrons. The zero-order chi connectivity index (χ0) is 8.15. The predicted molar refractivity (Wildman–Crippen MR) is 39.7 cm³/mol. The number of rotatable bonds is 4. The van der Waals surface area contributed by atoms with Crippen LogP contribution in [0.5, 0.6) is 0 Å². The van der Waals surface area contributed by atoms with Crippen LogP contribution in [0.4, 0.5) is 0 Å². The van der Waals surface area contributed by atoms with E-state index in [2.05, 4.69) is 0 Å². The molecule has 0 aromatic rings. The molecule has 2 nitrogen and oxygen atoms in total. The third-order valence-corrected chi connectivity index (χ3v) is 1.50. The van der Waals surface area contributed by atoms with Crippen molar-refractivity contribution in [2.24, 2.45) is 11.8 Å². The number of aldehydes is 1. The predicted octanol–water partition coefficient (Wildman–Crippen LogP) is 1.44. The van der Waals surface area contributed by atoms with E-state index in [1.54, 1.807) is 6.92 Å². The Hall–Kier alpha value is -0.660. The molecular formula is C8H14O2. The van der Waals surface area contributed by atoms with Crippen LogP contribution in [0.25, 0.3) is 0 Å². The summed E-state index contributed by atoms with van der Waals surface area (Å²) in [7, 11) is 0. The maximum atomic E-state index is 11.1. The molecule has 0 radical (unpaired) electrons. The van der Waals surface area contributed by atoms with Crippen molar-refractivity contribution in [3.8, 4) is 0 Å². The van der Waals surface area contributed by atoms with E-state index in [4.69, 9.17) is 0 Å². The molecular weight excluding hydrogens is 128 g/mol. The molecule has 10 heavy (non-hydrogen) atoms. The van der Waals surface area contributed by atoms with Crippen molar-refractivity contribution in [3.63, 3.8) is 0 Å². The number of carbonyl (C=O) groups excluding carboxylic acids is 2. The van der Waals surface area contributed by atoms with Gasteiger partial charge in [-0.3, -0.25) is 4.79 Å². The van der Waals surface area contributed by atoms with Gasteiger partial charge in [-0.05, 0) is 0 Å². The van der Waals surface area contributed by atoms with Gasteiger partial charge in [-0.25, -0.2) is 0 Å². The quantitative estimate of drug-likeness (QED) is 0.556. The van der Waals surface area contributed by atoms with Gasteiger partial charge in [-0.15, -0.1) is 0 Å². The fourth-order valence-corrected chi connectivity index (χ4v) is 0.830. The largest absolute Gasteiger partial charge is 0.303 e. The second-order valence-electron chi connectivity index (χ2n) is 2.86. The lowest BCUT2D eigenvalue weighted by Crippen LogP contribution is -2.17. The van der Waals surface area contributed by atoms with Gasteiger partial charge in [-0.2, -0.15) is 0 Å². The third kappa shape index (κ3) is 2.76. The first-order valence-corrected chi connectivity index (χ1v) is 3.57. The van der Waals surface area contributed by atoms with Crippen molar-refractivity contribution < 1.29 is 9.59 Å². The minimum absolute atomic E-state index is 0.0509. The lowest BCUT2D eigenvalue weighted by Gasteiger charge is -2.08. The van der Waals surface area contributed by atoms with E-state index in [0.717, 1.165) is 6.29 Å². The first kappa shape index (κ1) is 9.34. The van der Waals surface area contributed by atoms with Crippen LogP contribution in [0, 0.1) is 11.8 Å². The molecule has 1 unspecified atom stereocenters. The average Bonchev–Trinajstić information content (AvgIpc) is 1.87. The zero-order valence-corrected chi connectivity index (χ0v) is 6.76. The van der Waals surface area contributed by atoms with Crippen molar-refractivity contribution in [2.45, 2.75) is 27.2 Å². The second kappa shape index (κ2) is 4.20. The van der Waals surface area contributed by atoms with E-state index in [-0.39, 0.29) is 17.6 Å². The summed E-state index contributed by atoms with van der Waals surface area (Å²) in [4.78, 5) is 21.1. The van der Waals surface area contributed by atoms with Crippen molar-refractivity contribution in [1.82, 2.24) is 0 Å². The van der Waals surface area contributed by atoms with Crippen LogP contribution < -0.4 is 0 Å². The fourth-order valence-electron chi connectivity index (χ4n) is 0.830. The van der Waals surface area contributed by atoms with Gasteiger partial charge in [0, 0.05) is 18.3 Å². The highest BCUT2D eigenvalue weighted by molar-refractivity contribution is 5.84. The van der Waals surface area contributed by atoms with Crippen LogP contribution >= 0.6 is 0 Å². The van der Waals surface area contributed by atoms with Crippen molar-refractivity contribution >= 4 is 12.1 Å². The molecule has 0 N–H and O–H groups in total. The molecule has 0 rings (SSSR count). The number of hydrogen-bond donors (Lipinski definition) is 0. The van der Waals surface area contributed by atoms with Crippen LogP contribution in [0.3, 0.4) is 0 Å². The Morgan fingerprint density at radius 2 is 1.90 bits per heavy atom. The smallest absolute Gasteiger partial charge is 0.138 e. The van der Waals surface area contributed by atoms with Gasteiger partial charge < -0.3 is 4.79 Å². The summed E-state index contributed by atoms with van der Waals surface area (Å²) in [6.07, 6.45) is 1.15. The van der Waals surface area contributed by atoms with E-state index >= 15 is 0 Å². The molecule has 0 aromatic carbocycles. The molecule has 0 amide bonds. The first-order valence-electron chi connectivity index (χ1n) is 3.57. The Kier molecular flexibility index (Phi) is 3.93. The summed E-state index contributed by atoms with van der Waals surface area (Å²) >= 11 is 0. The minimum atomic E-state index is -0.0995. The lowest BCUT2D eigenvalue weighted by atomic mass is 9.95. The minimum Gasteiger partial charge on any atom is -0.303 e. The monoisotopic (exact) mass is 142 g/mol. The lowest BCUT2D eigenvalue weighted by molar-refractivity contribution is -0.127. The molecule has 1 atom stereocenters. The van der Waals surface area contributed by atoms with Crippen LogP contribution in [0.2, 0.25) is 0 Å². The van der Waals surface area contributed by atoms with E-state index in [1.807, 2.05) is 13.8 Å². The Morgan fingerprint density at radius 3 is 2.20 bits per heavy atom. The van der Waals surface area contributed by atoms with Crippen LogP contribution in [0.1, 0.15) is 27.2 Å². The Morgan fingerprint density at radius 1 is 1.40 bits per heavy atom. The summed E-state index contributed by atoms with van der Waals surface area (Å²) in [5.41, 5.74) is 0. The Balaban J connectivity index is 3.81. The molecule has 0 aliphatic rings. The number of carbonyl (C=O) groups is 2. The molecule has 0 aliphatic heterocycles. The van der Waals surface area contributed by atoms with Crippen LogP contribution in [0.15, 0.2) is 0 Å². The van der Waals surface area contributed by atoms with Crippen molar-refractivity contribution in [3.05, 3.63) is 0 Å². The fraction of sp³-hybridized carbons (Fsp3) is 0.750. The molecule has 0 heterocycles. The molecule has 0 fully saturated rings. The van der Waals surface area contributed by atoms with E-state index in [9.17, 15) is 9.59 Å². The number of ketones is 1. The number of Topliss-reactive ketones (excluding diaryl/α,β-unsaturated/α-hetero) is 1. The normalized spacial score (nSPS) is 13.2. The van der Waals surface area contributed by atoms with Crippen molar-refractivity contribution in [1.29, 1.82) is 0 Å². The van der Waals surface area contributed by atoms with E-state index in [0.29, 0.717) is 6.42 Å². The highest BCUT2D eigenvalue weighted by Crippen LogP contribution is 2.08. The highest BCUT2D eigenvalue weighted by atomic mass is 16.1. The van der Waals surface area contributed by atoms with Gasteiger partial charge in [-0.1, -0.05) is 20.8 Å². The number of hydrogen-bond acceptors (Lipinski definition) is 2. The van der Waals surface area contributed by atoms with Gasteiger partial charge in [0.25, 0.3) is 0 Å². The van der Waals surface area contributed by atoms with E-state index in [1.165, 1.54) is 0 Å². The highest BCUT2D eigenvalue weighted by Gasteiger charge is 2.14. The molecule has 0 spiro atoms. The van der Waals surface area contributed by atoms with Gasteiger partial charge in [0.15, 0.2) is 0 Å².